The molecule has 0 bridgehead atoms. The van der Waals surface area contributed by atoms with Gasteiger partial charge in [0.15, 0.2) is 11.6 Å². The van der Waals surface area contributed by atoms with Gasteiger partial charge in [0, 0.05) is 49.0 Å². The van der Waals surface area contributed by atoms with Gasteiger partial charge in [-0.1, -0.05) is 152 Å². The fourth-order valence-electron chi connectivity index (χ4n) is 9.37. The van der Waals surface area contributed by atoms with Crippen molar-refractivity contribution in [3.8, 4) is 62.1 Å². The summed E-state index contributed by atoms with van der Waals surface area (Å²) in [5.74, 6) is 1.66. The first kappa shape index (κ1) is 35.2. The van der Waals surface area contributed by atoms with E-state index in [0.717, 1.165) is 110 Å². The van der Waals surface area contributed by atoms with E-state index in [-0.39, 0.29) is 0 Å². The fraction of sp³-hybridized carbons (Fsp3) is 0. The Morgan fingerprint density at radius 2 is 0.905 bits per heavy atom. The quantitative estimate of drug-likeness (QED) is 0.167. The van der Waals surface area contributed by atoms with Crippen molar-refractivity contribution in [3.05, 3.63) is 206 Å². The molecule has 0 N–H and O–H groups in total. The molecule has 6 nitrogen and oxygen atoms in total. The van der Waals surface area contributed by atoms with Crippen LogP contribution in [0.4, 0.5) is 0 Å². The van der Waals surface area contributed by atoms with Crippen LogP contribution in [0.15, 0.2) is 215 Å². The highest BCUT2D eigenvalue weighted by Crippen LogP contribution is 2.43. The number of nitrogens with zero attached hydrogens (tertiary/aromatic N) is 4. The maximum Gasteiger partial charge on any atom is 0.238 e. The van der Waals surface area contributed by atoms with E-state index in [4.69, 9.17) is 23.8 Å². The number of para-hydroxylation sites is 3. The number of benzene rings is 9. The lowest BCUT2D eigenvalue weighted by molar-refractivity contribution is 0.668. The topological polar surface area (TPSA) is 69.9 Å². The maximum absolute atomic E-state index is 6.36. The summed E-state index contributed by atoms with van der Waals surface area (Å²) in [6.45, 7) is 0. The van der Waals surface area contributed by atoms with Crippen molar-refractivity contribution in [2.24, 2.45) is 0 Å². The number of hydrogen-bond donors (Lipinski definition) is 0. The van der Waals surface area contributed by atoms with Gasteiger partial charge in [-0.05, 0) is 82.4 Å². The van der Waals surface area contributed by atoms with E-state index >= 15 is 0 Å². The third-order valence-electron chi connectivity index (χ3n) is 12.3. The van der Waals surface area contributed by atoms with Gasteiger partial charge in [-0.15, -0.1) is 0 Å². The molecule has 0 spiro atoms. The van der Waals surface area contributed by atoms with E-state index < -0.39 is 0 Å². The Labute approximate surface area is 361 Å². The third kappa shape index (κ3) is 5.69. The summed E-state index contributed by atoms with van der Waals surface area (Å²) in [6.07, 6.45) is 0. The largest absolute Gasteiger partial charge is 0.456 e. The van der Waals surface area contributed by atoms with E-state index in [0.29, 0.717) is 17.6 Å². The van der Waals surface area contributed by atoms with Crippen LogP contribution in [0, 0.1) is 0 Å². The summed E-state index contributed by atoms with van der Waals surface area (Å²) in [7, 11) is 0. The van der Waals surface area contributed by atoms with Crippen molar-refractivity contribution in [2.45, 2.75) is 0 Å². The molecule has 0 saturated carbocycles. The van der Waals surface area contributed by atoms with Gasteiger partial charge in [-0.2, -0.15) is 9.97 Å². The average Bonchev–Trinajstić information content (AvgIpc) is 4.04. The van der Waals surface area contributed by atoms with E-state index in [9.17, 15) is 0 Å². The van der Waals surface area contributed by atoms with Crippen molar-refractivity contribution in [3.63, 3.8) is 0 Å². The molecule has 0 unspecified atom stereocenters. The summed E-state index contributed by atoms with van der Waals surface area (Å²) >= 11 is 0. The van der Waals surface area contributed by atoms with Crippen LogP contribution in [0.25, 0.3) is 128 Å². The van der Waals surface area contributed by atoms with Gasteiger partial charge in [-0.3, -0.25) is 4.57 Å². The molecule has 13 rings (SSSR count). The molecule has 0 amide bonds. The van der Waals surface area contributed by atoms with Crippen LogP contribution >= 0.6 is 0 Å². The number of furan rings is 2. The van der Waals surface area contributed by atoms with Gasteiger partial charge in [-0.25, -0.2) is 4.98 Å². The Morgan fingerprint density at radius 3 is 1.71 bits per heavy atom. The Kier molecular flexibility index (Phi) is 7.80. The molecule has 294 valence electrons. The van der Waals surface area contributed by atoms with Crippen LogP contribution in [-0.2, 0) is 0 Å². The molecule has 63 heavy (non-hydrogen) atoms. The SMILES string of the molecule is c1ccc(-c2cc(-c3cccc(-c4cccc5oc6ccccc6c45)c3)c3c(c2)c2ccccc2n3-c2nc(-c3ccccc3)nc(-c3ccc4c(c3)oc3ccccc34)n2)cc1. The molecule has 6 heteroatoms. The second-order valence-electron chi connectivity index (χ2n) is 16.0. The molecule has 4 aromatic heterocycles. The number of rotatable bonds is 6. The molecule has 0 aliphatic heterocycles. The lowest BCUT2D eigenvalue weighted by atomic mass is 9.92. The van der Waals surface area contributed by atoms with Gasteiger partial charge in [0.2, 0.25) is 5.95 Å². The smallest absolute Gasteiger partial charge is 0.238 e. The van der Waals surface area contributed by atoms with Crippen molar-refractivity contribution < 1.29 is 8.83 Å². The van der Waals surface area contributed by atoms with E-state index in [1.807, 2.05) is 66.7 Å². The first-order valence-corrected chi connectivity index (χ1v) is 21.1. The molecule has 0 aliphatic carbocycles. The van der Waals surface area contributed by atoms with Crippen LogP contribution in [0.5, 0.6) is 0 Å². The number of hydrogen-bond acceptors (Lipinski definition) is 5. The van der Waals surface area contributed by atoms with Crippen molar-refractivity contribution in [2.75, 3.05) is 0 Å². The zero-order valence-electron chi connectivity index (χ0n) is 33.7. The number of fused-ring (bicyclic) bond motifs is 9. The van der Waals surface area contributed by atoms with E-state index in [1.165, 1.54) is 0 Å². The van der Waals surface area contributed by atoms with Gasteiger partial charge >= 0.3 is 0 Å². The molecular formula is C57H34N4O2. The second-order valence-corrected chi connectivity index (χ2v) is 16.0. The minimum atomic E-state index is 0.522. The highest BCUT2D eigenvalue weighted by molar-refractivity contribution is 6.16. The number of aromatic nitrogens is 4. The standard InChI is InChI=1S/C57H34N4O2/c1-3-15-35(16-4-1)40-32-46(38-20-13-19-37(31-38)41-24-14-28-51-53(41)45-23-9-12-27-50(45)62-51)54-47(33-40)42-21-7-10-25-48(42)61(54)57-59-55(36-17-5-2-6-18-36)58-56(60-57)39-29-30-44-43-22-8-11-26-49(43)63-52(44)34-39/h1-34H. The van der Waals surface area contributed by atoms with Gasteiger partial charge in [0.05, 0.1) is 11.0 Å². The molecule has 0 saturated heterocycles. The summed E-state index contributed by atoms with van der Waals surface area (Å²) in [5.41, 5.74) is 13.7. The second kappa shape index (κ2) is 14.0. The molecule has 0 atom stereocenters. The first-order chi connectivity index (χ1) is 31.2. The van der Waals surface area contributed by atoms with Crippen LogP contribution in [0.1, 0.15) is 0 Å². The molecule has 13 aromatic rings. The van der Waals surface area contributed by atoms with E-state index in [1.54, 1.807) is 0 Å². The van der Waals surface area contributed by atoms with Crippen molar-refractivity contribution >= 4 is 65.7 Å². The van der Waals surface area contributed by atoms with Crippen LogP contribution in [-0.4, -0.2) is 19.5 Å². The highest BCUT2D eigenvalue weighted by atomic mass is 16.3. The predicted octanol–water partition coefficient (Wildman–Crippen LogP) is 15.1. The average molecular weight is 807 g/mol. The third-order valence-corrected chi connectivity index (χ3v) is 12.3. The highest BCUT2D eigenvalue weighted by Gasteiger charge is 2.23. The van der Waals surface area contributed by atoms with Crippen LogP contribution in [0.3, 0.4) is 0 Å². The predicted molar refractivity (Wildman–Crippen MR) is 256 cm³/mol. The molecule has 0 aliphatic rings. The Balaban J connectivity index is 1.09. The minimum Gasteiger partial charge on any atom is -0.456 e. The summed E-state index contributed by atoms with van der Waals surface area (Å²) in [5, 5.41) is 6.53. The van der Waals surface area contributed by atoms with Gasteiger partial charge in [0.25, 0.3) is 0 Å². The first-order valence-electron chi connectivity index (χ1n) is 21.1. The minimum absolute atomic E-state index is 0.522. The van der Waals surface area contributed by atoms with Crippen molar-refractivity contribution in [1.29, 1.82) is 0 Å². The lowest BCUT2D eigenvalue weighted by Crippen LogP contribution is -2.07. The molecule has 0 radical (unpaired) electrons. The molecule has 9 aromatic carbocycles. The fourth-order valence-corrected chi connectivity index (χ4v) is 9.37. The summed E-state index contributed by atoms with van der Waals surface area (Å²) < 4.78 is 14.9. The summed E-state index contributed by atoms with van der Waals surface area (Å²) in [4.78, 5) is 15.8. The molecule has 4 heterocycles. The lowest BCUT2D eigenvalue weighted by Gasteiger charge is -2.15. The Hall–Kier alpha value is -8.61. The Morgan fingerprint density at radius 1 is 0.317 bits per heavy atom. The zero-order chi connectivity index (χ0) is 41.4. The van der Waals surface area contributed by atoms with Crippen LogP contribution < -0.4 is 0 Å². The van der Waals surface area contributed by atoms with Crippen LogP contribution in [0.2, 0.25) is 0 Å². The van der Waals surface area contributed by atoms with Gasteiger partial charge < -0.3 is 8.83 Å². The molecular weight excluding hydrogens is 773 g/mol. The molecule has 0 fully saturated rings. The summed E-state index contributed by atoms with van der Waals surface area (Å²) in [6, 6.07) is 71.7. The Bertz CT molecular complexity index is 3920. The van der Waals surface area contributed by atoms with Crippen molar-refractivity contribution in [1.82, 2.24) is 19.5 Å². The van der Waals surface area contributed by atoms with E-state index in [2.05, 4.69) is 144 Å². The monoisotopic (exact) mass is 806 g/mol. The maximum atomic E-state index is 6.36. The zero-order valence-corrected chi connectivity index (χ0v) is 33.7. The normalized spacial score (nSPS) is 11.8. The van der Waals surface area contributed by atoms with Gasteiger partial charge in [0.1, 0.15) is 22.3 Å².